The van der Waals surface area contributed by atoms with Gasteiger partial charge in [0.25, 0.3) is 5.91 Å². The van der Waals surface area contributed by atoms with Crippen LogP contribution in [0.1, 0.15) is 23.3 Å². The summed E-state index contributed by atoms with van der Waals surface area (Å²) in [6.07, 6.45) is 1.95. The lowest BCUT2D eigenvalue weighted by atomic mass is 9.97. The molecule has 0 spiro atoms. The van der Waals surface area contributed by atoms with E-state index in [1.54, 1.807) is 19.2 Å². The highest BCUT2D eigenvalue weighted by atomic mass is 16.5. The van der Waals surface area contributed by atoms with Crippen molar-refractivity contribution in [2.24, 2.45) is 5.92 Å². The SMILES string of the molecule is COCC1CCN(C(=O)c2ccc(N)nn2)CC1. The maximum Gasteiger partial charge on any atom is 0.274 e. The lowest BCUT2D eigenvalue weighted by Crippen LogP contribution is -2.39. The van der Waals surface area contributed by atoms with E-state index < -0.39 is 0 Å². The molecule has 0 unspecified atom stereocenters. The van der Waals surface area contributed by atoms with Gasteiger partial charge < -0.3 is 15.4 Å². The summed E-state index contributed by atoms with van der Waals surface area (Å²) in [7, 11) is 1.71. The Hall–Kier alpha value is -1.69. The third kappa shape index (κ3) is 2.95. The number of carbonyl (C=O) groups is 1. The number of methoxy groups -OCH3 is 1. The zero-order chi connectivity index (χ0) is 13.0. The van der Waals surface area contributed by atoms with E-state index in [2.05, 4.69) is 10.2 Å². The minimum Gasteiger partial charge on any atom is -0.384 e. The zero-order valence-corrected chi connectivity index (χ0v) is 10.5. The second kappa shape index (κ2) is 5.77. The molecule has 1 aromatic heterocycles. The summed E-state index contributed by atoms with van der Waals surface area (Å²) in [5, 5.41) is 7.52. The minimum atomic E-state index is -0.0710. The van der Waals surface area contributed by atoms with E-state index in [-0.39, 0.29) is 5.91 Å². The van der Waals surface area contributed by atoms with Crippen molar-refractivity contribution in [3.05, 3.63) is 17.8 Å². The topological polar surface area (TPSA) is 81.3 Å². The van der Waals surface area contributed by atoms with Gasteiger partial charge in [-0.25, -0.2) is 0 Å². The van der Waals surface area contributed by atoms with Gasteiger partial charge in [-0.1, -0.05) is 0 Å². The molecule has 2 N–H and O–H groups in total. The van der Waals surface area contributed by atoms with Crippen molar-refractivity contribution >= 4 is 11.7 Å². The third-order valence-electron chi connectivity index (χ3n) is 3.21. The number of rotatable bonds is 3. The molecular formula is C12H18N4O2. The number of nitrogen functional groups attached to an aromatic ring is 1. The van der Waals surface area contributed by atoms with Crippen LogP contribution in [0, 0.1) is 5.92 Å². The monoisotopic (exact) mass is 250 g/mol. The lowest BCUT2D eigenvalue weighted by Gasteiger charge is -2.31. The van der Waals surface area contributed by atoms with Crippen molar-refractivity contribution in [1.82, 2.24) is 15.1 Å². The molecule has 0 bridgehead atoms. The first-order valence-electron chi connectivity index (χ1n) is 6.08. The third-order valence-corrected chi connectivity index (χ3v) is 3.21. The van der Waals surface area contributed by atoms with Crippen LogP contribution in [-0.4, -0.2) is 47.8 Å². The molecule has 0 radical (unpaired) electrons. The molecule has 1 saturated heterocycles. The number of anilines is 1. The summed E-state index contributed by atoms with van der Waals surface area (Å²) < 4.78 is 5.14. The van der Waals surface area contributed by atoms with Crippen molar-refractivity contribution in [2.75, 3.05) is 32.5 Å². The summed E-state index contributed by atoms with van der Waals surface area (Å²) in [5.74, 6) is 0.806. The predicted octanol–water partition coefficient (Wildman–Crippen LogP) is 0.557. The molecule has 1 aliphatic heterocycles. The second-order valence-electron chi connectivity index (χ2n) is 4.53. The number of carbonyl (C=O) groups excluding carboxylic acids is 1. The maximum atomic E-state index is 12.1. The molecule has 0 saturated carbocycles. The highest BCUT2D eigenvalue weighted by Crippen LogP contribution is 2.18. The van der Waals surface area contributed by atoms with E-state index in [0.29, 0.717) is 17.4 Å². The Kier molecular flexibility index (Phi) is 4.09. The summed E-state index contributed by atoms with van der Waals surface area (Å²) in [4.78, 5) is 13.9. The molecule has 0 aromatic carbocycles. The number of amides is 1. The van der Waals surface area contributed by atoms with Crippen molar-refractivity contribution in [3.63, 3.8) is 0 Å². The number of nitrogens with two attached hydrogens (primary N) is 1. The molecule has 18 heavy (non-hydrogen) atoms. The van der Waals surface area contributed by atoms with Crippen molar-refractivity contribution in [2.45, 2.75) is 12.8 Å². The molecule has 0 aliphatic carbocycles. The summed E-state index contributed by atoms with van der Waals surface area (Å²) in [6, 6.07) is 3.21. The highest BCUT2D eigenvalue weighted by Gasteiger charge is 2.24. The average Bonchev–Trinajstić information content (AvgIpc) is 2.40. The lowest BCUT2D eigenvalue weighted by molar-refractivity contribution is 0.0607. The van der Waals surface area contributed by atoms with Crippen LogP contribution in [-0.2, 0) is 4.74 Å². The standard InChI is InChI=1S/C12H18N4O2/c1-18-8-9-4-6-16(7-5-9)12(17)10-2-3-11(13)15-14-10/h2-3,9H,4-8H2,1H3,(H2,13,15). The van der Waals surface area contributed by atoms with Gasteiger partial charge in [-0.15, -0.1) is 10.2 Å². The Morgan fingerprint density at radius 1 is 1.44 bits per heavy atom. The number of piperidine rings is 1. The maximum absolute atomic E-state index is 12.1. The van der Waals surface area contributed by atoms with Gasteiger partial charge in [0, 0.05) is 26.8 Å². The molecule has 1 amide bonds. The molecule has 1 aliphatic rings. The number of aromatic nitrogens is 2. The summed E-state index contributed by atoms with van der Waals surface area (Å²) in [5.41, 5.74) is 5.80. The number of hydrogen-bond donors (Lipinski definition) is 1. The van der Waals surface area contributed by atoms with Gasteiger partial charge in [0.2, 0.25) is 0 Å². The van der Waals surface area contributed by atoms with E-state index in [4.69, 9.17) is 10.5 Å². The van der Waals surface area contributed by atoms with Crippen LogP contribution < -0.4 is 5.73 Å². The van der Waals surface area contributed by atoms with Gasteiger partial charge in [0.05, 0.1) is 0 Å². The molecule has 1 fully saturated rings. The molecular weight excluding hydrogens is 232 g/mol. The fourth-order valence-electron chi connectivity index (χ4n) is 2.16. The van der Waals surface area contributed by atoms with Crippen LogP contribution in [0.5, 0.6) is 0 Å². The molecule has 1 aromatic rings. The van der Waals surface area contributed by atoms with Crippen molar-refractivity contribution in [1.29, 1.82) is 0 Å². The largest absolute Gasteiger partial charge is 0.384 e. The first kappa shape index (κ1) is 12.8. The zero-order valence-electron chi connectivity index (χ0n) is 10.5. The fraction of sp³-hybridized carbons (Fsp3) is 0.583. The fourth-order valence-corrected chi connectivity index (χ4v) is 2.16. The Labute approximate surface area is 106 Å². The van der Waals surface area contributed by atoms with E-state index in [9.17, 15) is 4.79 Å². The van der Waals surface area contributed by atoms with E-state index in [1.165, 1.54) is 0 Å². The normalized spacial score (nSPS) is 16.8. The van der Waals surface area contributed by atoms with Crippen molar-refractivity contribution < 1.29 is 9.53 Å². The number of likely N-dealkylation sites (tertiary alicyclic amines) is 1. The van der Waals surface area contributed by atoms with E-state index >= 15 is 0 Å². The Morgan fingerprint density at radius 3 is 2.72 bits per heavy atom. The first-order chi connectivity index (χ1) is 8.70. The quantitative estimate of drug-likeness (QED) is 0.847. The van der Waals surface area contributed by atoms with Gasteiger partial charge in [-0.3, -0.25) is 4.79 Å². The smallest absolute Gasteiger partial charge is 0.274 e. The molecule has 6 heteroatoms. The van der Waals surface area contributed by atoms with E-state index in [0.717, 1.165) is 32.5 Å². The predicted molar refractivity (Wildman–Crippen MR) is 66.9 cm³/mol. The molecule has 0 atom stereocenters. The number of hydrogen-bond acceptors (Lipinski definition) is 5. The van der Waals surface area contributed by atoms with Crippen LogP contribution in [0.2, 0.25) is 0 Å². The molecule has 2 heterocycles. The highest BCUT2D eigenvalue weighted by molar-refractivity contribution is 5.92. The van der Waals surface area contributed by atoms with Crippen LogP contribution >= 0.6 is 0 Å². The Morgan fingerprint density at radius 2 is 2.17 bits per heavy atom. The minimum absolute atomic E-state index is 0.0710. The van der Waals surface area contributed by atoms with E-state index in [1.807, 2.05) is 4.90 Å². The Bertz CT molecular complexity index is 399. The van der Waals surface area contributed by atoms with Crippen LogP contribution in [0.3, 0.4) is 0 Å². The molecule has 98 valence electrons. The van der Waals surface area contributed by atoms with Gasteiger partial charge in [0.1, 0.15) is 5.82 Å². The van der Waals surface area contributed by atoms with Gasteiger partial charge in [-0.2, -0.15) is 0 Å². The second-order valence-corrected chi connectivity index (χ2v) is 4.53. The average molecular weight is 250 g/mol. The molecule has 6 nitrogen and oxygen atoms in total. The van der Waals surface area contributed by atoms with Crippen LogP contribution in [0.25, 0.3) is 0 Å². The molecule has 2 rings (SSSR count). The van der Waals surface area contributed by atoms with Gasteiger partial charge in [0.15, 0.2) is 5.69 Å². The van der Waals surface area contributed by atoms with Gasteiger partial charge >= 0.3 is 0 Å². The number of ether oxygens (including phenoxy) is 1. The van der Waals surface area contributed by atoms with Crippen molar-refractivity contribution in [3.8, 4) is 0 Å². The summed E-state index contributed by atoms with van der Waals surface area (Å²) >= 11 is 0. The first-order valence-corrected chi connectivity index (χ1v) is 6.08. The van der Waals surface area contributed by atoms with Crippen LogP contribution in [0.15, 0.2) is 12.1 Å². The summed E-state index contributed by atoms with van der Waals surface area (Å²) in [6.45, 7) is 2.27. The Balaban J connectivity index is 1.93. The number of nitrogens with zero attached hydrogens (tertiary/aromatic N) is 3. The van der Waals surface area contributed by atoms with Crippen LogP contribution in [0.4, 0.5) is 5.82 Å². The van der Waals surface area contributed by atoms with Gasteiger partial charge in [-0.05, 0) is 30.9 Å².